The van der Waals surface area contributed by atoms with Crippen LogP contribution >= 0.6 is 0 Å². The van der Waals surface area contributed by atoms with E-state index in [1.165, 1.54) is 22.3 Å². The van der Waals surface area contributed by atoms with Crippen molar-refractivity contribution in [1.82, 2.24) is 10.6 Å². The largest absolute Gasteiger partial charge is 0.449 e. The highest BCUT2D eigenvalue weighted by molar-refractivity contribution is 6.01. The van der Waals surface area contributed by atoms with Gasteiger partial charge in [-0.2, -0.15) is 0 Å². The van der Waals surface area contributed by atoms with Gasteiger partial charge in [0.2, 0.25) is 17.7 Å². The smallest absolute Gasteiger partial charge is 0.411 e. The minimum atomic E-state index is -0.857. The zero-order valence-corrected chi connectivity index (χ0v) is 47.8. The Morgan fingerprint density at radius 2 is 0.963 bits per heavy atom. The molecule has 12 heteroatoms. The molecule has 0 radical (unpaired) electrons. The van der Waals surface area contributed by atoms with Gasteiger partial charge in [0.05, 0.1) is 10.8 Å². The molecule has 6 aliphatic carbocycles. The number of aryl methyl sites for hydroxylation is 2. The summed E-state index contributed by atoms with van der Waals surface area (Å²) >= 11 is 0. The first kappa shape index (κ1) is 55.0. The Kier molecular flexibility index (Phi) is 14.7. The highest BCUT2D eigenvalue weighted by Gasteiger charge is 2.58. The van der Waals surface area contributed by atoms with E-state index in [1.54, 1.807) is 0 Å². The summed E-state index contributed by atoms with van der Waals surface area (Å²) in [4.78, 5) is 71.5. The van der Waals surface area contributed by atoms with E-state index in [0.29, 0.717) is 50.0 Å². The third-order valence-corrected chi connectivity index (χ3v) is 20.7. The van der Waals surface area contributed by atoms with Crippen molar-refractivity contribution in [1.29, 1.82) is 0 Å². The van der Waals surface area contributed by atoms with E-state index in [4.69, 9.17) is 15.2 Å². The lowest BCUT2D eigenvalue weighted by Crippen LogP contribution is -2.60. The predicted octanol–water partition coefficient (Wildman–Crippen LogP) is 13.4. The van der Waals surface area contributed by atoms with Crippen LogP contribution in [0.4, 0.5) is 21.0 Å². The molecule has 6 N–H and O–H groups in total. The number of nitrogens with one attached hydrogen (secondary N) is 4. The van der Waals surface area contributed by atoms with Crippen LogP contribution in [0.3, 0.4) is 0 Å². The standard InChI is InChI=1S/C70H77N5O7/c1-67-34-15-36-69(3,60(67)32-28-43-26-30-45(39-57(43)67)72-62(76)59(25-13-14-38-71)74-66(80)82-42-56-53-23-11-7-19-49(53)50-20-8-12-24-54(50)56)63(77)75-64(78)70(4)37-16-35-68(2)58-40-46(31-27-44(58)29-33-61(68)70)73-65(79)81-41-55-51-21-9-5-17-47(51)48-18-6-10-22-52(48)55/h5-12,17-24,26-27,30-31,39-40,55-56,59-61H,13-16,25,28-29,32-38,41-42,71H2,1-4H3,(H,72,76)(H,73,79)(H,74,80)(H,75,77,78)/t59?,60-,61-,67-,68-,69+,70+/m1/s1. The fraction of sp³-hybridized carbons (Fsp3) is 0.414. The molecule has 6 aromatic rings. The van der Waals surface area contributed by atoms with Crippen LogP contribution in [0, 0.1) is 22.7 Å². The molecule has 0 aliphatic heterocycles. The van der Waals surface area contributed by atoms with Gasteiger partial charge >= 0.3 is 12.2 Å². The second-order valence-corrected chi connectivity index (χ2v) is 25.3. The molecule has 1 unspecified atom stereocenters. The minimum Gasteiger partial charge on any atom is -0.449 e. The molecule has 0 spiro atoms. The maximum atomic E-state index is 15.1. The molecule has 2 fully saturated rings. The molecule has 5 amide bonds. The molecule has 0 aromatic heterocycles. The fourth-order valence-corrected chi connectivity index (χ4v) is 16.5. The van der Waals surface area contributed by atoms with Gasteiger partial charge in [-0.3, -0.25) is 25.0 Å². The Labute approximate surface area is 482 Å². The molecule has 12 nitrogen and oxygen atoms in total. The number of benzene rings is 6. The van der Waals surface area contributed by atoms with E-state index in [9.17, 15) is 14.4 Å². The van der Waals surface area contributed by atoms with Gasteiger partial charge < -0.3 is 25.8 Å². The number of hydrogen-bond acceptors (Lipinski definition) is 8. The van der Waals surface area contributed by atoms with Crippen molar-refractivity contribution in [3.63, 3.8) is 0 Å². The average Bonchev–Trinajstić information content (AvgIpc) is 4.14. The zero-order valence-electron chi connectivity index (χ0n) is 47.8. The van der Waals surface area contributed by atoms with Crippen molar-refractivity contribution in [2.45, 2.75) is 140 Å². The molecule has 7 atom stereocenters. The third-order valence-electron chi connectivity index (χ3n) is 20.7. The second kappa shape index (κ2) is 22.0. The number of ether oxygens (including phenoxy) is 2. The first-order valence-electron chi connectivity index (χ1n) is 30.0. The number of fused-ring (bicyclic) bond motifs is 12. The molecule has 424 valence electrons. The molecule has 0 saturated heterocycles. The molecule has 6 aliphatic rings. The number of anilines is 2. The van der Waals surface area contributed by atoms with Gasteiger partial charge in [-0.05, 0) is 191 Å². The predicted molar refractivity (Wildman–Crippen MR) is 320 cm³/mol. The molecule has 2 saturated carbocycles. The van der Waals surface area contributed by atoms with Crippen LogP contribution in [-0.4, -0.2) is 55.7 Å². The topological polar surface area (TPSA) is 178 Å². The fourth-order valence-electron chi connectivity index (χ4n) is 16.5. The highest BCUT2D eigenvalue weighted by Crippen LogP contribution is 2.60. The molecule has 12 rings (SSSR count). The van der Waals surface area contributed by atoms with Crippen molar-refractivity contribution in [2.75, 3.05) is 30.4 Å². The molecule has 0 bridgehead atoms. The quantitative estimate of drug-likeness (QED) is 0.0528. The lowest BCUT2D eigenvalue weighted by atomic mass is 9.49. The van der Waals surface area contributed by atoms with E-state index in [2.05, 4.69) is 122 Å². The van der Waals surface area contributed by atoms with Gasteiger partial charge in [0.25, 0.3) is 0 Å². The van der Waals surface area contributed by atoms with Gasteiger partial charge in [0.15, 0.2) is 0 Å². The van der Waals surface area contributed by atoms with Crippen LogP contribution in [0.2, 0.25) is 0 Å². The number of carbonyl (C=O) groups is 5. The van der Waals surface area contributed by atoms with Crippen molar-refractivity contribution >= 4 is 41.3 Å². The number of carbonyl (C=O) groups excluding carboxylic acids is 5. The van der Waals surface area contributed by atoms with Crippen LogP contribution in [0.5, 0.6) is 0 Å². The van der Waals surface area contributed by atoms with E-state index in [0.717, 1.165) is 95.9 Å². The summed E-state index contributed by atoms with van der Waals surface area (Å²) < 4.78 is 11.8. The summed E-state index contributed by atoms with van der Waals surface area (Å²) in [6.45, 7) is 9.48. The van der Waals surface area contributed by atoms with E-state index in [1.807, 2.05) is 60.7 Å². The molecule has 82 heavy (non-hydrogen) atoms. The van der Waals surface area contributed by atoms with Crippen molar-refractivity contribution in [3.05, 3.63) is 178 Å². The number of rotatable bonds is 14. The van der Waals surface area contributed by atoms with Crippen LogP contribution in [0.1, 0.15) is 155 Å². The monoisotopic (exact) mass is 1100 g/mol. The lowest BCUT2D eigenvalue weighted by Gasteiger charge is -2.56. The van der Waals surface area contributed by atoms with Crippen LogP contribution in [-0.2, 0) is 47.5 Å². The third kappa shape index (κ3) is 9.68. The van der Waals surface area contributed by atoms with Gasteiger partial charge in [0.1, 0.15) is 19.3 Å². The highest BCUT2D eigenvalue weighted by atomic mass is 16.6. The van der Waals surface area contributed by atoms with Crippen molar-refractivity contribution in [3.8, 4) is 22.3 Å². The number of hydrogen-bond donors (Lipinski definition) is 5. The van der Waals surface area contributed by atoms with Crippen LogP contribution in [0.15, 0.2) is 133 Å². The Balaban J connectivity index is 0.703. The van der Waals surface area contributed by atoms with Crippen molar-refractivity contribution < 1.29 is 33.4 Å². The summed E-state index contributed by atoms with van der Waals surface area (Å²) in [5.74, 6) is -1.01. The normalized spacial score (nSPS) is 25.0. The van der Waals surface area contributed by atoms with E-state index >= 15 is 9.59 Å². The summed E-state index contributed by atoms with van der Waals surface area (Å²) in [6, 6.07) is 44.4. The van der Waals surface area contributed by atoms with Crippen molar-refractivity contribution in [2.24, 2.45) is 28.4 Å². The molecule has 6 aromatic carbocycles. The number of imide groups is 1. The van der Waals surface area contributed by atoms with E-state index in [-0.39, 0.29) is 60.0 Å². The lowest BCUT2D eigenvalue weighted by molar-refractivity contribution is -0.150. The van der Waals surface area contributed by atoms with Gasteiger partial charge in [0, 0.05) is 23.2 Å². The maximum Gasteiger partial charge on any atom is 0.411 e. The Morgan fingerprint density at radius 1 is 0.537 bits per heavy atom. The maximum absolute atomic E-state index is 15.1. The Bertz CT molecular complexity index is 3410. The van der Waals surface area contributed by atoms with Gasteiger partial charge in [-0.15, -0.1) is 0 Å². The van der Waals surface area contributed by atoms with Crippen LogP contribution < -0.4 is 27.0 Å². The summed E-state index contributed by atoms with van der Waals surface area (Å²) in [6.07, 6.45) is 8.45. The minimum absolute atomic E-state index is 0.0345. The molecular formula is C70H77N5O7. The summed E-state index contributed by atoms with van der Waals surface area (Å²) in [5, 5.41) is 12.2. The van der Waals surface area contributed by atoms with Gasteiger partial charge in [-0.1, -0.05) is 150 Å². The number of nitrogens with two attached hydrogens (primary N) is 1. The summed E-state index contributed by atoms with van der Waals surface area (Å²) in [7, 11) is 0. The molecule has 0 heterocycles. The van der Waals surface area contributed by atoms with Crippen LogP contribution in [0.25, 0.3) is 22.3 Å². The second-order valence-electron chi connectivity index (χ2n) is 25.3. The zero-order chi connectivity index (χ0) is 57.0. The first-order valence-corrected chi connectivity index (χ1v) is 30.0. The summed E-state index contributed by atoms with van der Waals surface area (Å²) in [5.41, 5.74) is 18.6. The molecular weight excluding hydrogens is 1020 g/mol. The first-order chi connectivity index (χ1) is 39.6. The number of amides is 5. The number of alkyl carbamates (subject to hydrolysis) is 1. The van der Waals surface area contributed by atoms with E-state index < -0.39 is 34.5 Å². The average molecular weight is 1100 g/mol. The SMILES string of the molecule is C[C@]1(C(=O)NC(=O)[C@@]2(C)CCC[C@]3(C)c4cc(NC(=O)C(CCCCN)NC(=O)OCC5c6ccccc6-c6ccccc65)ccc4CC[C@@H]23)CCC[C@]2(C)c3cc(NC(=O)OCC4c5ccccc5-c5ccccc54)ccc3CC[C@@H]12. The van der Waals surface area contributed by atoms with Gasteiger partial charge in [-0.25, -0.2) is 9.59 Å². The Hall–Kier alpha value is -7.57. The Morgan fingerprint density at radius 3 is 1.41 bits per heavy atom. The number of unbranched alkanes of at least 4 members (excludes halogenated alkanes) is 1.